The summed E-state index contributed by atoms with van der Waals surface area (Å²) in [4.78, 5) is 4.35. The minimum absolute atomic E-state index is 0.569. The van der Waals surface area contributed by atoms with Crippen molar-refractivity contribution in [2.24, 2.45) is 0 Å². The first-order valence-electron chi connectivity index (χ1n) is 6.69. The third-order valence-electron chi connectivity index (χ3n) is 3.56. The zero-order valence-corrected chi connectivity index (χ0v) is 11.3. The van der Waals surface area contributed by atoms with Gasteiger partial charge in [0.15, 0.2) is 0 Å². The Bertz CT molecular complexity index is 691. The molecule has 0 aliphatic rings. The Morgan fingerprint density at radius 1 is 0.842 bits per heavy atom. The van der Waals surface area contributed by atoms with Crippen LogP contribution in [0.5, 0.6) is 0 Å². The van der Waals surface area contributed by atoms with Crippen LogP contribution in [-0.4, -0.2) is 4.98 Å². The van der Waals surface area contributed by atoms with Gasteiger partial charge in [-0.25, -0.2) is 0 Å². The summed E-state index contributed by atoms with van der Waals surface area (Å²) in [5, 5.41) is 2.45. The molecule has 0 radical (unpaired) electrons. The molecule has 3 rings (SSSR count). The molecule has 0 unspecified atom stereocenters. The third-order valence-corrected chi connectivity index (χ3v) is 3.56. The first kappa shape index (κ1) is 11.9. The molecule has 0 aliphatic carbocycles. The lowest BCUT2D eigenvalue weighted by Crippen LogP contribution is -1.88. The average Bonchev–Trinajstić information content (AvgIpc) is 2.47. The molecule has 19 heavy (non-hydrogen) atoms. The van der Waals surface area contributed by atoms with E-state index in [2.05, 4.69) is 67.4 Å². The van der Waals surface area contributed by atoms with E-state index in [1.807, 2.05) is 12.4 Å². The van der Waals surface area contributed by atoms with E-state index < -0.39 is 0 Å². The van der Waals surface area contributed by atoms with Gasteiger partial charge in [-0.2, -0.15) is 0 Å². The molecule has 1 heteroatoms. The zero-order valence-electron chi connectivity index (χ0n) is 11.3. The summed E-state index contributed by atoms with van der Waals surface area (Å²) < 4.78 is 0. The fourth-order valence-electron chi connectivity index (χ4n) is 2.39. The molecule has 0 amide bonds. The Labute approximate surface area is 113 Å². The minimum atomic E-state index is 0.569. The Kier molecular flexibility index (Phi) is 3.04. The fraction of sp³-hybridized carbons (Fsp3) is 0.167. The van der Waals surface area contributed by atoms with Crippen LogP contribution in [0.3, 0.4) is 0 Å². The summed E-state index contributed by atoms with van der Waals surface area (Å²) in [5.74, 6) is 0.569. The van der Waals surface area contributed by atoms with Gasteiger partial charge in [0.2, 0.25) is 0 Å². The second-order valence-electron chi connectivity index (χ2n) is 5.18. The molecular formula is C18H17N. The SMILES string of the molecule is CC(C)c1ccc(-c2cncc3ccccc23)cc1. The second kappa shape index (κ2) is 4.85. The van der Waals surface area contributed by atoms with Gasteiger partial charge in [-0.1, -0.05) is 62.4 Å². The lowest BCUT2D eigenvalue weighted by molar-refractivity contribution is 0.867. The summed E-state index contributed by atoms with van der Waals surface area (Å²) in [5.41, 5.74) is 3.80. The predicted octanol–water partition coefficient (Wildman–Crippen LogP) is 5.03. The van der Waals surface area contributed by atoms with Crippen LogP contribution in [0, 0.1) is 0 Å². The van der Waals surface area contributed by atoms with E-state index in [-0.39, 0.29) is 0 Å². The van der Waals surface area contributed by atoms with Crippen LogP contribution in [0.15, 0.2) is 60.9 Å². The van der Waals surface area contributed by atoms with Crippen molar-refractivity contribution in [2.75, 3.05) is 0 Å². The molecule has 0 atom stereocenters. The molecule has 0 N–H and O–H groups in total. The van der Waals surface area contributed by atoms with E-state index in [1.54, 1.807) is 0 Å². The summed E-state index contributed by atoms with van der Waals surface area (Å²) in [6.45, 7) is 4.43. The highest BCUT2D eigenvalue weighted by Gasteiger charge is 2.05. The van der Waals surface area contributed by atoms with Gasteiger partial charge in [-0.05, 0) is 22.4 Å². The zero-order chi connectivity index (χ0) is 13.2. The first-order chi connectivity index (χ1) is 9.25. The molecule has 2 aromatic carbocycles. The number of fused-ring (bicyclic) bond motifs is 1. The summed E-state index contributed by atoms with van der Waals surface area (Å²) in [7, 11) is 0. The molecule has 0 saturated carbocycles. The molecule has 0 fully saturated rings. The topological polar surface area (TPSA) is 12.9 Å². The number of aromatic nitrogens is 1. The van der Waals surface area contributed by atoms with Crippen LogP contribution >= 0.6 is 0 Å². The summed E-state index contributed by atoms with van der Waals surface area (Å²) in [6.07, 6.45) is 3.87. The number of hydrogen-bond acceptors (Lipinski definition) is 1. The van der Waals surface area contributed by atoms with E-state index in [0.717, 1.165) is 0 Å². The van der Waals surface area contributed by atoms with Crippen molar-refractivity contribution < 1.29 is 0 Å². The van der Waals surface area contributed by atoms with Crippen LogP contribution in [0.2, 0.25) is 0 Å². The van der Waals surface area contributed by atoms with Gasteiger partial charge >= 0.3 is 0 Å². The van der Waals surface area contributed by atoms with Crippen LogP contribution in [0.4, 0.5) is 0 Å². The van der Waals surface area contributed by atoms with E-state index in [1.165, 1.54) is 27.5 Å². The summed E-state index contributed by atoms with van der Waals surface area (Å²) in [6, 6.07) is 17.2. The molecule has 1 nitrogen and oxygen atoms in total. The van der Waals surface area contributed by atoms with Gasteiger partial charge in [0.1, 0.15) is 0 Å². The molecular weight excluding hydrogens is 230 g/mol. The smallest absolute Gasteiger partial charge is 0.0352 e. The molecule has 0 spiro atoms. The highest BCUT2D eigenvalue weighted by molar-refractivity contribution is 5.95. The van der Waals surface area contributed by atoms with Gasteiger partial charge in [-0.15, -0.1) is 0 Å². The van der Waals surface area contributed by atoms with E-state index >= 15 is 0 Å². The van der Waals surface area contributed by atoms with E-state index in [0.29, 0.717) is 5.92 Å². The van der Waals surface area contributed by atoms with Gasteiger partial charge in [0.25, 0.3) is 0 Å². The van der Waals surface area contributed by atoms with Gasteiger partial charge in [0.05, 0.1) is 0 Å². The molecule has 94 valence electrons. The molecule has 0 bridgehead atoms. The normalized spacial score (nSPS) is 11.1. The fourth-order valence-corrected chi connectivity index (χ4v) is 2.39. The molecule has 3 aromatic rings. The number of pyridine rings is 1. The standard InChI is InChI=1S/C18H17N/c1-13(2)14-7-9-15(10-8-14)18-12-19-11-16-5-3-4-6-17(16)18/h3-13H,1-2H3. The van der Waals surface area contributed by atoms with Crippen LogP contribution < -0.4 is 0 Å². The quantitative estimate of drug-likeness (QED) is 0.619. The summed E-state index contributed by atoms with van der Waals surface area (Å²) >= 11 is 0. The van der Waals surface area contributed by atoms with Crippen molar-refractivity contribution in [1.29, 1.82) is 0 Å². The predicted molar refractivity (Wildman–Crippen MR) is 81.3 cm³/mol. The van der Waals surface area contributed by atoms with Crippen molar-refractivity contribution in [3.63, 3.8) is 0 Å². The Morgan fingerprint density at radius 3 is 2.32 bits per heavy atom. The van der Waals surface area contributed by atoms with Crippen molar-refractivity contribution in [2.45, 2.75) is 19.8 Å². The number of nitrogens with zero attached hydrogens (tertiary/aromatic N) is 1. The second-order valence-corrected chi connectivity index (χ2v) is 5.18. The minimum Gasteiger partial charge on any atom is -0.263 e. The average molecular weight is 247 g/mol. The molecule has 1 aromatic heterocycles. The van der Waals surface area contributed by atoms with Crippen LogP contribution in [0.1, 0.15) is 25.3 Å². The Balaban J connectivity index is 2.14. The van der Waals surface area contributed by atoms with Gasteiger partial charge in [-0.3, -0.25) is 4.98 Å². The monoisotopic (exact) mass is 247 g/mol. The maximum absolute atomic E-state index is 4.35. The van der Waals surface area contributed by atoms with E-state index in [9.17, 15) is 0 Å². The van der Waals surface area contributed by atoms with Crippen LogP contribution in [0.25, 0.3) is 21.9 Å². The number of hydrogen-bond donors (Lipinski definition) is 0. The Morgan fingerprint density at radius 2 is 1.58 bits per heavy atom. The largest absolute Gasteiger partial charge is 0.263 e. The third kappa shape index (κ3) is 2.24. The first-order valence-corrected chi connectivity index (χ1v) is 6.69. The molecule has 0 saturated heterocycles. The molecule has 1 heterocycles. The number of rotatable bonds is 2. The van der Waals surface area contributed by atoms with Crippen molar-refractivity contribution in [3.8, 4) is 11.1 Å². The highest BCUT2D eigenvalue weighted by atomic mass is 14.6. The maximum atomic E-state index is 4.35. The number of benzene rings is 2. The Hall–Kier alpha value is -2.15. The van der Waals surface area contributed by atoms with Crippen molar-refractivity contribution in [3.05, 3.63) is 66.5 Å². The van der Waals surface area contributed by atoms with Crippen molar-refractivity contribution >= 4 is 10.8 Å². The molecule has 0 aliphatic heterocycles. The van der Waals surface area contributed by atoms with Gasteiger partial charge in [0, 0.05) is 23.3 Å². The van der Waals surface area contributed by atoms with Gasteiger partial charge < -0.3 is 0 Å². The highest BCUT2D eigenvalue weighted by Crippen LogP contribution is 2.28. The lowest BCUT2D eigenvalue weighted by atomic mass is 9.97. The maximum Gasteiger partial charge on any atom is 0.0352 e. The van der Waals surface area contributed by atoms with Crippen molar-refractivity contribution in [1.82, 2.24) is 4.98 Å². The van der Waals surface area contributed by atoms with Crippen LogP contribution in [-0.2, 0) is 0 Å². The lowest BCUT2D eigenvalue weighted by Gasteiger charge is -2.09. The van der Waals surface area contributed by atoms with E-state index in [4.69, 9.17) is 0 Å².